The molecule has 0 saturated carbocycles. The zero-order chi connectivity index (χ0) is 23.4. The second-order valence-corrected chi connectivity index (χ2v) is 8.20. The Morgan fingerprint density at radius 3 is 2.58 bits per heavy atom. The molecule has 1 aliphatic rings. The van der Waals surface area contributed by atoms with Crippen molar-refractivity contribution in [1.82, 2.24) is 10.2 Å². The minimum absolute atomic E-state index is 0.0943. The van der Waals surface area contributed by atoms with Gasteiger partial charge in [0.15, 0.2) is 0 Å². The Balaban J connectivity index is 1.44. The third-order valence-electron chi connectivity index (χ3n) is 5.72. The molecule has 33 heavy (non-hydrogen) atoms. The van der Waals surface area contributed by atoms with Gasteiger partial charge in [-0.05, 0) is 61.6 Å². The molecule has 0 aliphatic carbocycles. The van der Waals surface area contributed by atoms with Gasteiger partial charge in [-0.25, -0.2) is 0 Å². The molecule has 7 heteroatoms. The van der Waals surface area contributed by atoms with Gasteiger partial charge in [0.05, 0.1) is 5.57 Å². The van der Waals surface area contributed by atoms with Crippen LogP contribution in [0.3, 0.4) is 0 Å². The molecule has 0 spiro atoms. The van der Waals surface area contributed by atoms with Gasteiger partial charge in [0.2, 0.25) is 0 Å². The second-order valence-electron chi connectivity index (χ2n) is 7.76. The number of furan rings is 1. The third-order valence-corrected chi connectivity index (χ3v) is 5.95. The van der Waals surface area contributed by atoms with E-state index in [1.807, 2.05) is 24.3 Å². The Kier molecular flexibility index (Phi) is 6.96. The summed E-state index contributed by atoms with van der Waals surface area (Å²) in [6, 6.07) is 16.2. The number of hydrogen-bond acceptors (Lipinski definition) is 4. The summed E-state index contributed by atoms with van der Waals surface area (Å²) in [6.45, 7) is 7.59. The van der Waals surface area contributed by atoms with Crippen molar-refractivity contribution in [3.63, 3.8) is 0 Å². The van der Waals surface area contributed by atoms with Crippen molar-refractivity contribution < 1.29 is 14.0 Å². The van der Waals surface area contributed by atoms with Crippen LogP contribution in [0.4, 0.5) is 5.69 Å². The summed E-state index contributed by atoms with van der Waals surface area (Å²) in [4.78, 5) is 27.0. The molecule has 3 aromatic rings. The molecule has 0 unspecified atom stereocenters. The minimum Gasteiger partial charge on any atom is -0.457 e. The van der Waals surface area contributed by atoms with E-state index in [4.69, 9.17) is 16.0 Å². The van der Waals surface area contributed by atoms with E-state index < -0.39 is 0 Å². The smallest absolute Gasteiger partial charge is 0.256 e. The number of carbonyl (C=O) groups is 2. The van der Waals surface area contributed by atoms with Crippen LogP contribution in [0.2, 0.25) is 5.02 Å². The average molecular weight is 464 g/mol. The molecule has 1 aromatic heterocycles. The Morgan fingerprint density at radius 1 is 1.09 bits per heavy atom. The quantitative estimate of drug-likeness (QED) is 0.452. The van der Waals surface area contributed by atoms with Gasteiger partial charge in [0.25, 0.3) is 11.8 Å². The zero-order valence-electron chi connectivity index (χ0n) is 18.7. The van der Waals surface area contributed by atoms with Crippen LogP contribution in [0.25, 0.3) is 23.0 Å². The monoisotopic (exact) mass is 463 g/mol. The fourth-order valence-electron chi connectivity index (χ4n) is 3.79. The van der Waals surface area contributed by atoms with Gasteiger partial charge in [0.1, 0.15) is 11.5 Å². The van der Waals surface area contributed by atoms with Gasteiger partial charge in [-0.1, -0.05) is 37.6 Å². The average Bonchev–Trinajstić information content (AvgIpc) is 3.41. The summed E-state index contributed by atoms with van der Waals surface area (Å²) in [5.74, 6) is 0.922. The number of nitrogens with zero attached hydrogens (tertiary/aromatic N) is 1. The maximum atomic E-state index is 12.4. The first-order chi connectivity index (χ1) is 16.0. The van der Waals surface area contributed by atoms with E-state index >= 15 is 0 Å². The highest BCUT2D eigenvalue weighted by Crippen LogP contribution is 2.35. The van der Waals surface area contributed by atoms with E-state index in [1.54, 1.807) is 36.4 Å². The molecule has 1 aliphatic heterocycles. The highest BCUT2D eigenvalue weighted by atomic mass is 35.5. The third kappa shape index (κ3) is 5.18. The van der Waals surface area contributed by atoms with Crippen LogP contribution in [0.15, 0.2) is 59.0 Å². The highest BCUT2D eigenvalue weighted by Gasteiger charge is 2.24. The Bertz CT molecular complexity index is 1190. The molecule has 2 heterocycles. The number of likely N-dealkylation sites (N-methyl/N-ethyl adjacent to an activating group) is 1. The number of nitrogens with one attached hydrogen (secondary N) is 2. The van der Waals surface area contributed by atoms with Gasteiger partial charge in [-0.15, -0.1) is 0 Å². The lowest BCUT2D eigenvalue weighted by Crippen LogP contribution is -2.34. The number of hydrogen-bond donors (Lipinski definition) is 2. The Morgan fingerprint density at radius 2 is 1.85 bits per heavy atom. The lowest BCUT2D eigenvalue weighted by molar-refractivity contribution is -0.110. The molecule has 170 valence electrons. The van der Waals surface area contributed by atoms with Gasteiger partial charge in [-0.3, -0.25) is 9.59 Å². The summed E-state index contributed by atoms with van der Waals surface area (Å²) < 4.78 is 5.95. The number of amides is 2. The molecule has 0 atom stereocenters. The van der Waals surface area contributed by atoms with Crippen LogP contribution in [0.1, 0.15) is 35.5 Å². The molecular formula is C26H26ClN3O3. The first-order valence-corrected chi connectivity index (χ1v) is 11.4. The van der Waals surface area contributed by atoms with Crippen molar-refractivity contribution in [1.29, 1.82) is 0 Å². The molecule has 4 rings (SSSR count). The van der Waals surface area contributed by atoms with Crippen LogP contribution in [0.5, 0.6) is 0 Å². The number of benzene rings is 2. The largest absolute Gasteiger partial charge is 0.457 e. The number of carbonyl (C=O) groups excluding carboxylic acids is 2. The van der Waals surface area contributed by atoms with Crippen LogP contribution >= 0.6 is 11.6 Å². The minimum atomic E-state index is -0.193. The van der Waals surface area contributed by atoms with Gasteiger partial charge < -0.3 is 20.0 Å². The summed E-state index contributed by atoms with van der Waals surface area (Å²) in [6.07, 6.45) is 1.71. The van der Waals surface area contributed by atoms with Crippen molar-refractivity contribution >= 4 is 40.8 Å². The van der Waals surface area contributed by atoms with Gasteiger partial charge >= 0.3 is 0 Å². The molecule has 0 radical (unpaired) electrons. The molecule has 2 aromatic carbocycles. The second kappa shape index (κ2) is 10.1. The predicted molar refractivity (Wildman–Crippen MR) is 132 cm³/mol. The maximum Gasteiger partial charge on any atom is 0.256 e. The summed E-state index contributed by atoms with van der Waals surface area (Å²) in [5.41, 5.74) is 3.43. The summed E-state index contributed by atoms with van der Waals surface area (Å²) in [7, 11) is 0. The number of fused-ring (bicyclic) bond motifs is 1. The Hall–Kier alpha value is -3.35. The van der Waals surface area contributed by atoms with E-state index in [0.29, 0.717) is 34.2 Å². The molecule has 2 N–H and O–H groups in total. The lowest BCUT2D eigenvalue weighted by Gasteiger charge is -2.17. The predicted octanol–water partition coefficient (Wildman–Crippen LogP) is 5.16. The van der Waals surface area contributed by atoms with Crippen LogP contribution in [-0.2, 0) is 4.79 Å². The van der Waals surface area contributed by atoms with Crippen molar-refractivity contribution in [3.05, 3.63) is 76.5 Å². The number of rotatable bonds is 8. The molecule has 0 saturated heterocycles. The first-order valence-electron chi connectivity index (χ1n) is 11.0. The van der Waals surface area contributed by atoms with Crippen LogP contribution in [-0.4, -0.2) is 42.9 Å². The van der Waals surface area contributed by atoms with E-state index in [1.165, 1.54) is 0 Å². The van der Waals surface area contributed by atoms with Crippen LogP contribution < -0.4 is 10.6 Å². The molecule has 2 amide bonds. The van der Waals surface area contributed by atoms with Gasteiger partial charge in [0, 0.05) is 40.5 Å². The van der Waals surface area contributed by atoms with Crippen molar-refractivity contribution in [3.8, 4) is 11.3 Å². The van der Waals surface area contributed by atoms with Crippen molar-refractivity contribution in [2.24, 2.45) is 0 Å². The summed E-state index contributed by atoms with van der Waals surface area (Å²) >= 11 is 6.09. The summed E-state index contributed by atoms with van der Waals surface area (Å²) in [5, 5.41) is 6.35. The van der Waals surface area contributed by atoms with Crippen molar-refractivity contribution in [2.75, 3.05) is 31.5 Å². The SMILES string of the molecule is CCN(CC)CCNC(=O)c1ccc(-c2ccc(C=C3C(=O)Nc4ccc(Cl)cc43)o2)cc1. The number of anilines is 1. The standard InChI is InChI=1S/C26H26ClN3O3/c1-3-30(4-2)14-13-28-25(31)18-7-5-17(6-8-18)24-12-10-20(33-24)16-22-21-15-19(27)9-11-23(21)29-26(22)32/h5-12,15-16H,3-4,13-14H2,1-2H3,(H,28,31)(H,29,32). The van der Waals surface area contributed by atoms with E-state index in [-0.39, 0.29) is 11.8 Å². The lowest BCUT2D eigenvalue weighted by atomic mass is 10.1. The molecule has 0 fully saturated rings. The topological polar surface area (TPSA) is 74.6 Å². The van der Waals surface area contributed by atoms with E-state index in [0.717, 1.165) is 36.4 Å². The van der Waals surface area contributed by atoms with E-state index in [2.05, 4.69) is 29.4 Å². The first kappa shape index (κ1) is 22.8. The fraction of sp³-hybridized carbons (Fsp3) is 0.231. The maximum absolute atomic E-state index is 12.4. The molecular weight excluding hydrogens is 438 g/mol. The highest BCUT2D eigenvalue weighted by molar-refractivity contribution is 6.36. The van der Waals surface area contributed by atoms with Crippen molar-refractivity contribution in [2.45, 2.75) is 13.8 Å². The van der Waals surface area contributed by atoms with Crippen LogP contribution in [0, 0.1) is 0 Å². The van der Waals surface area contributed by atoms with E-state index in [9.17, 15) is 9.59 Å². The van der Waals surface area contributed by atoms with Gasteiger partial charge in [-0.2, -0.15) is 0 Å². The fourth-order valence-corrected chi connectivity index (χ4v) is 3.96. The molecule has 6 nitrogen and oxygen atoms in total. The number of halogens is 1. The normalized spacial score (nSPS) is 13.9. The zero-order valence-corrected chi connectivity index (χ0v) is 19.4. The Labute approximate surface area is 198 Å². The molecule has 0 bridgehead atoms.